The van der Waals surface area contributed by atoms with Crippen molar-refractivity contribution in [3.63, 3.8) is 0 Å². The van der Waals surface area contributed by atoms with Crippen LogP contribution in [-0.2, 0) is 6.18 Å². The monoisotopic (exact) mass is 295 g/mol. The largest absolute Gasteiger partial charge is 0.416 e. The van der Waals surface area contributed by atoms with Gasteiger partial charge in [0.15, 0.2) is 0 Å². The number of alkyl halides is 3. The van der Waals surface area contributed by atoms with Gasteiger partial charge in [-0.2, -0.15) is 18.3 Å². The predicted octanol–water partition coefficient (Wildman–Crippen LogP) is 4.27. The first-order valence-corrected chi connectivity index (χ1v) is 6.96. The van der Waals surface area contributed by atoms with Crippen LogP contribution < -0.4 is 5.73 Å². The van der Waals surface area contributed by atoms with Gasteiger partial charge >= 0.3 is 6.18 Å². The molecule has 1 fully saturated rings. The topological polar surface area (TPSA) is 43.8 Å². The molecule has 0 aliphatic heterocycles. The predicted molar refractivity (Wildman–Crippen MR) is 74.6 cm³/mol. The molecule has 0 amide bonds. The Kier molecular flexibility index (Phi) is 3.39. The maximum atomic E-state index is 12.8. The Labute approximate surface area is 120 Å². The van der Waals surface area contributed by atoms with E-state index in [1.807, 2.05) is 10.9 Å². The first-order valence-electron chi connectivity index (χ1n) is 6.96. The molecule has 0 saturated heterocycles. The lowest BCUT2D eigenvalue weighted by Gasteiger charge is -2.10. The second-order valence-electron chi connectivity index (χ2n) is 5.49. The summed E-state index contributed by atoms with van der Waals surface area (Å²) in [6.07, 6.45) is 3.52. The number of halogens is 3. The van der Waals surface area contributed by atoms with Gasteiger partial charge < -0.3 is 5.73 Å². The molecule has 1 saturated carbocycles. The van der Waals surface area contributed by atoms with Gasteiger partial charge in [-0.1, -0.05) is 12.8 Å². The smallest absolute Gasteiger partial charge is 0.399 e. The van der Waals surface area contributed by atoms with Gasteiger partial charge in [0.05, 0.1) is 17.8 Å². The number of hydrogen-bond donors (Lipinski definition) is 1. The van der Waals surface area contributed by atoms with Gasteiger partial charge in [-0.15, -0.1) is 0 Å². The van der Waals surface area contributed by atoms with Crippen molar-refractivity contribution >= 4 is 5.69 Å². The molecule has 0 unspecified atom stereocenters. The lowest BCUT2D eigenvalue weighted by atomic mass is 10.0. The summed E-state index contributed by atoms with van der Waals surface area (Å²) < 4.78 is 40.4. The second kappa shape index (κ2) is 5.09. The van der Waals surface area contributed by atoms with E-state index in [0.29, 0.717) is 17.2 Å². The van der Waals surface area contributed by atoms with Crippen LogP contribution in [0.5, 0.6) is 0 Å². The van der Waals surface area contributed by atoms with Crippen molar-refractivity contribution in [2.24, 2.45) is 0 Å². The Morgan fingerprint density at radius 1 is 1.10 bits per heavy atom. The molecule has 0 spiro atoms. The van der Waals surface area contributed by atoms with Crippen LogP contribution in [0.3, 0.4) is 0 Å². The molecule has 2 aromatic rings. The summed E-state index contributed by atoms with van der Waals surface area (Å²) in [5, 5.41) is 4.29. The zero-order valence-corrected chi connectivity index (χ0v) is 11.4. The van der Waals surface area contributed by atoms with Crippen LogP contribution in [0.4, 0.5) is 18.9 Å². The normalized spacial score (nSPS) is 16.5. The summed E-state index contributed by atoms with van der Waals surface area (Å²) in [5.74, 6) is 0. The van der Waals surface area contributed by atoms with Crippen LogP contribution in [0, 0.1) is 0 Å². The number of nitrogens with two attached hydrogens (primary N) is 1. The van der Waals surface area contributed by atoms with Crippen LogP contribution >= 0.6 is 0 Å². The molecule has 3 rings (SSSR count). The molecule has 112 valence electrons. The highest BCUT2D eigenvalue weighted by Gasteiger charge is 2.31. The molecule has 0 bridgehead atoms. The Morgan fingerprint density at radius 2 is 1.81 bits per heavy atom. The van der Waals surface area contributed by atoms with E-state index in [9.17, 15) is 13.2 Å². The standard InChI is InChI=1S/C15H16F3N3/c16-15(17,18)12-5-10(6-13(19)7-12)11-8-20-21(9-11)14-3-1-2-4-14/h5-9,14H,1-4,19H2. The number of aromatic nitrogens is 2. The van der Waals surface area contributed by atoms with Crippen molar-refractivity contribution in [1.29, 1.82) is 0 Å². The number of nitrogens with zero attached hydrogens (tertiary/aromatic N) is 2. The number of benzene rings is 1. The molecule has 21 heavy (non-hydrogen) atoms. The molecule has 0 atom stereocenters. The second-order valence-corrected chi connectivity index (χ2v) is 5.49. The maximum absolute atomic E-state index is 12.8. The summed E-state index contributed by atoms with van der Waals surface area (Å²) in [6, 6.07) is 3.98. The number of anilines is 1. The number of rotatable bonds is 2. The van der Waals surface area contributed by atoms with E-state index in [4.69, 9.17) is 5.73 Å². The Morgan fingerprint density at radius 3 is 2.48 bits per heavy atom. The Balaban J connectivity index is 1.95. The molecule has 1 aromatic heterocycles. The minimum Gasteiger partial charge on any atom is -0.399 e. The molecule has 0 radical (unpaired) electrons. The molecule has 1 heterocycles. The van der Waals surface area contributed by atoms with Crippen molar-refractivity contribution < 1.29 is 13.2 Å². The molecule has 1 aliphatic rings. The van der Waals surface area contributed by atoms with Crippen molar-refractivity contribution in [3.8, 4) is 11.1 Å². The highest BCUT2D eigenvalue weighted by Crippen LogP contribution is 2.35. The molecule has 6 heteroatoms. The van der Waals surface area contributed by atoms with E-state index in [1.165, 1.54) is 12.8 Å². The van der Waals surface area contributed by atoms with Crippen molar-refractivity contribution in [2.45, 2.75) is 37.9 Å². The summed E-state index contributed by atoms with van der Waals surface area (Å²) in [6.45, 7) is 0. The summed E-state index contributed by atoms with van der Waals surface area (Å²) >= 11 is 0. The number of hydrogen-bond acceptors (Lipinski definition) is 2. The van der Waals surface area contributed by atoms with Crippen LogP contribution in [0.2, 0.25) is 0 Å². The van der Waals surface area contributed by atoms with Crippen LogP contribution in [0.25, 0.3) is 11.1 Å². The lowest BCUT2D eigenvalue weighted by Crippen LogP contribution is -2.06. The van der Waals surface area contributed by atoms with E-state index in [0.717, 1.165) is 25.0 Å². The molecule has 1 aromatic carbocycles. The molecule has 1 aliphatic carbocycles. The zero-order chi connectivity index (χ0) is 15.0. The van der Waals surface area contributed by atoms with Crippen molar-refractivity contribution in [2.75, 3.05) is 5.73 Å². The fourth-order valence-corrected chi connectivity index (χ4v) is 2.84. The molecular weight excluding hydrogens is 279 g/mol. The van der Waals surface area contributed by atoms with Gasteiger partial charge in [-0.3, -0.25) is 4.68 Å². The van der Waals surface area contributed by atoms with Gasteiger partial charge in [-0.05, 0) is 36.6 Å². The maximum Gasteiger partial charge on any atom is 0.416 e. The highest BCUT2D eigenvalue weighted by molar-refractivity contribution is 5.67. The van der Waals surface area contributed by atoms with Crippen LogP contribution in [0.15, 0.2) is 30.6 Å². The van der Waals surface area contributed by atoms with Gasteiger partial charge in [0.1, 0.15) is 0 Å². The average Bonchev–Trinajstić information content (AvgIpc) is 3.08. The van der Waals surface area contributed by atoms with E-state index in [1.54, 1.807) is 12.3 Å². The fraction of sp³-hybridized carbons (Fsp3) is 0.400. The van der Waals surface area contributed by atoms with Gasteiger partial charge in [0.2, 0.25) is 0 Å². The minimum atomic E-state index is -4.40. The Bertz CT molecular complexity index is 640. The fourth-order valence-electron chi connectivity index (χ4n) is 2.84. The first kappa shape index (κ1) is 14.0. The SMILES string of the molecule is Nc1cc(-c2cnn(C3CCCC3)c2)cc(C(F)(F)F)c1. The Hall–Kier alpha value is -1.98. The number of nitrogen functional groups attached to an aromatic ring is 1. The van der Waals surface area contributed by atoms with E-state index in [2.05, 4.69) is 5.10 Å². The van der Waals surface area contributed by atoms with Gasteiger partial charge in [0.25, 0.3) is 0 Å². The van der Waals surface area contributed by atoms with Crippen molar-refractivity contribution in [1.82, 2.24) is 9.78 Å². The molecule has 3 nitrogen and oxygen atoms in total. The highest BCUT2D eigenvalue weighted by atomic mass is 19.4. The average molecular weight is 295 g/mol. The van der Waals surface area contributed by atoms with E-state index < -0.39 is 11.7 Å². The third-order valence-electron chi connectivity index (χ3n) is 3.92. The van der Waals surface area contributed by atoms with Gasteiger partial charge in [0, 0.05) is 17.4 Å². The van der Waals surface area contributed by atoms with Crippen LogP contribution in [-0.4, -0.2) is 9.78 Å². The van der Waals surface area contributed by atoms with Gasteiger partial charge in [-0.25, -0.2) is 0 Å². The third kappa shape index (κ3) is 2.89. The first-order chi connectivity index (χ1) is 9.93. The minimum absolute atomic E-state index is 0.105. The summed E-state index contributed by atoms with van der Waals surface area (Å²) in [7, 11) is 0. The van der Waals surface area contributed by atoms with E-state index in [-0.39, 0.29) is 5.69 Å². The third-order valence-corrected chi connectivity index (χ3v) is 3.92. The summed E-state index contributed by atoms with van der Waals surface area (Å²) in [4.78, 5) is 0. The zero-order valence-electron chi connectivity index (χ0n) is 11.4. The molecular formula is C15H16F3N3. The lowest BCUT2D eigenvalue weighted by molar-refractivity contribution is -0.137. The quantitative estimate of drug-likeness (QED) is 0.841. The van der Waals surface area contributed by atoms with E-state index >= 15 is 0 Å². The molecule has 2 N–H and O–H groups in total. The van der Waals surface area contributed by atoms with Crippen LogP contribution in [0.1, 0.15) is 37.3 Å². The van der Waals surface area contributed by atoms with Crippen molar-refractivity contribution in [3.05, 3.63) is 36.2 Å². The summed E-state index contributed by atoms with van der Waals surface area (Å²) in [5.41, 5.74) is 6.09.